The standard InChI is InChI=1S/C17H32N2/c1-2-18-16-8-5-9-17(12-16)19-11-10-14-6-3-4-7-15(14)13-19/h14-18H,2-13H2,1H3. The van der Waals surface area contributed by atoms with E-state index < -0.39 is 0 Å². The fourth-order valence-electron chi connectivity index (χ4n) is 4.93. The lowest BCUT2D eigenvalue weighted by molar-refractivity contribution is 0.0392. The maximum atomic E-state index is 3.68. The molecule has 2 heteroatoms. The molecule has 4 atom stereocenters. The fourth-order valence-corrected chi connectivity index (χ4v) is 4.93. The van der Waals surface area contributed by atoms with E-state index >= 15 is 0 Å². The molecule has 2 nitrogen and oxygen atoms in total. The molecule has 1 aliphatic heterocycles. The van der Waals surface area contributed by atoms with Crippen molar-refractivity contribution in [3.8, 4) is 0 Å². The predicted molar refractivity (Wildman–Crippen MR) is 81.4 cm³/mol. The molecule has 4 unspecified atom stereocenters. The van der Waals surface area contributed by atoms with Gasteiger partial charge in [-0.3, -0.25) is 0 Å². The van der Waals surface area contributed by atoms with Gasteiger partial charge >= 0.3 is 0 Å². The van der Waals surface area contributed by atoms with Crippen LogP contribution < -0.4 is 5.32 Å². The molecule has 0 aromatic heterocycles. The number of hydrogen-bond acceptors (Lipinski definition) is 2. The molecule has 3 aliphatic rings. The van der Waals surface area contributed by atoms with Crippen LogP contribution >= 0.6 is 0 Å². The molecular formula is C17H32N2. The topological polar surface area (TPSA) is 15.3 Å². The van der Waals surface area contributed by atoms with Gasteiger partial charge in [0.25, 0.3) is 0 Å². The number of nitrogens with one attached hydrogen (secondary N) is 1. The maximum absolute atomic E-state index is 3.68. The van der Waals surface area contributed by atoms with Crippen molar-refractivity contribution in [2.24, 2.45) is 11.8 Å². The molecule has 0 spiro atoms. The Morgan fingerprint density at radius 1 is 0.947 bits per heavy atom. The third-order valence-corrected chi connectivity index (χ3v) is 5.98. The maximum Gasteiger partial charge on any atom is 0.0110 e. The Morgan fingerprint density at radius 2 is 1.79 bits per heavy atom. The van der Waals surface area contributed by atoms with Gasteiger partial charge in [-0.05, 0) is 57.0 Å². The van der Waals surface area contributed by atoms with E-state index in [0.29, 0.717) is 0 Å². The SMILES string of the molecule is CCNC1CCCC(N2CCC3CCCCC3C2)C1. The first-order chi connectivity index (χ1) is 9.36. The zero-order valence-corrected chi connectivity index (χ0v) is 12.7. The Kier molecular flexibility index (Phi) is 4.81. The molecule has 3 fully saturated rings. The van der Waals surface area contributed by atoms with Gasteiger partial charge in [0.2, 0.25) is 0 Å². The average molecular weight is 264 g/mol. The summed E-state index contributed by atoms with van der Waals surface area (Å²) < 4.78 is 0. The van der Waals surface area contributed by atoms with E-state index in [1.165, 1.54) is 70.9 Å². The first-order valence-electron chi connectivity index (χ1n) is 8.84. The van der Waals surface area contributed by atoms with Gasteiger partial charge in [0, 0.05) is 18.6 Å². The third kappa shape index (κ3) is 3.33. The first-order valence-corrected chi connectivity index (χ1v) is 8.84. The highest BCUT2D eigenvalue weighted by Gasteiger charge is 2.35. The monoisotopic (exact) mass is 264 g/mol. The summed E-state index contributed by atoms with van der Waals surface area (Å²) in [6.07, 6.45) is 13.3. The summed E-state index contributed by atoms with van der Waals surface area (Å²) in [5.74, 6) is 2.13. The molecule has 0 radical (unpaired) electrons. The summed E-state index contributed by atoms with van der Waals surface area (Å²) in [6.45, 7) is 6.21. The molecule has 1 N–H and O–H groups in total. The molecular weight excluding hydrogens is 232 g/mol. The van der Waals surface area contributed by atoms with Crippen LogP contribution in [0.3, 0.4) is 0 Å². The van der Waals surface area contributed by atoms with E-state index in [4.69, 9.17) is 0 Å². The summed E-state index contributed by atoms with van der Waals surface area (Å²) in [7, 11) is 0. The van der Waals surface area contributed by atoms with Crippen LogP contribution in [0.15, 0.2) is 0 Å². The Balaban J connectivity index is 1.54. The molecule has 110 valence electrons. The van der Waals surface area contributed by atoms with Gasteiger partial charge in [-0.1, -0.05) is 32.6 Å². The minimum atomic E-state index is 0.799. The van der Waals surface area contributed by atoms with E-state index in [1.54, 1.807) is 0 Å². The molecule has 1 saturated heterocycles. The molecule has 0 amide bonds. The average Bonchev–Trinajstić information content (AvgIpc) is 2.47. The van der Waals surface area contributed by atoms with Crippen LogP contribution in [0.5, 0.6) is 0 Å². The number of likely N-dealkylation sites (tertiary alicyclic amines) is 1. The second-order valence-electron chi connectivity index (χ2n) is 7.16. The fraction of sp³-hybridized carbons (Fsp3) is 1.00. The number of rotatable bonds is 3. The first kappa shape index (κ1) is 13.9. The van der Waals surface area contributed by atoms with Crippen LogP contribution in [0.1, 0.15) is 64.7 Å². The second kappa shape index (κ2) is 6.58. The summed E-state index contributed by atoms with van der Waals surface area (Å²) in [6, 6.07) is 1.69. The van der Waals surface area contributed by atoms with Crippen molar-refractivity contribution < 1.29 is 0 Å². The summed E-state index contributed by atoms with van der Waals surface area (Å²) in [5, 5.41) is 3.68. The lowest BCUT2D eigenvalue weighted by Crippen LogP contribution is -2.50. The smallest absolute Gasteiger partial charge is 0.0110 e. The van der Waals surface area contributed by atoms with Gasteiger partial charge in [-0.25, -0.2) is 0 Å². The largest absolute Gasteiger partial charge is 0.314 e. The second-order valence-corrected chi connectivity index (χ2v) is 7.16. The summed E-state index contributed by atoms with van der Waals surface area (Å²) in [4.78, 5) is 2.87. The van der Waals surface area contributed by atoms with Crippen LogP contribution in [0.2, 0.25) is 0 Å². The summed E-state index contributed by atoms with van der Waals surface area (Å²) >= 11 is 0. The third-order valence-electron chi connectivity index (χ3n) is 5.98. The molecule has 0 aromatic carbocycles. The number of hydrogen-bond donors (Lipinski definition) is 1. The van der Waals surface area contributed by atoms with Gasteiger partial charge in [-0.15, -0.1) is 0 Å². The Labute approximate surface area is 119 Å². The lowest BCUT2D eigenvalue weighted by Gasteiger charge is -2.46. The van der Waals surface area contributed by atoms with Crippen LogP contribution in [0.4, 0.5) is 0 Å². The van der Waals surface area contributed by atoms with Crippen molar-refractivity contribution in [3.05, 3.63) is 0 Å². The van der Waals surface area contributed by atoms with Crippen LogP contribution in [-0.4, -0.2) is 36.6 Å². The van der Waals surface area contributed by atoms with E-state index in [0.717, 1.165) is 30.5 Å². The normalized spacial score (nSPS) is 40.9. The van der Waals surface area contributed by atoms with Crippen LogP contribution in [-0.2, 0) is 0 Å². The zero-order chi connectivity index (χ0) is 13.1. The highest BCUT2D eigenvalue weighted by Crippen LogP contribution is 2.38. The number of piperidine rings is 1. The number of nitrogens with zero attached hydrogens (tertiary/aromatic N) is 1. The van der Waals surface area contributed by atoms with E-state index in [1.807, 2.05) is 0 Å². The van der Waals surface area contributed by atoms with Gasteiger partial charge in [0.05, 0.1) is 0 Å². The van der Waals surface area contributed by atoms with Crippen molar-refractivity contribution in [2.45, 2.75) is 76.8 Å². The highest BCUT2D eigenvalue weighted by molar-refractivity contribution is 4.90. The van der Waals surface area contributed by atoms with Gasteiger partial charge in [0.1, 0.15) is 0 Å². The molecule has 1 heterocycles. The minimum Gasteiger partial charge on any atom is -0.314 e. The van der Waals surface area contributed by atoms with Crippen molar-refractivity contribution in [3.63, 3.8) is 0 Å². The molecule has 2 aliphatic carbocycles. The molecule has 0 aromatic rings. The van der Waals surface area contributed by atoms with Crippen molar-refractivity contribution in [2.75, 3.05) is 19.6 Å². The van der Waals surface area contributed by atoms with E-state index in [2.05, 4.69) is 17.1 Å². The minimum absolute atomic E-state index is 0.799. The van der Waals surface area contributed by atoms with E-state index in [-0.39, 0.29) is 0 Å². The molecule has 19 heavy (non-hydrogen) atoms. The Bertz CT molecular complexity index is 276. The number of fused-ring (bicyclic) bond motifs is 1. The van der Waals surface area contributed by atoms with Crippen LogP contribution in [0, 0.1) is 11.8 Å². The van der Waals surface area contributed by atoms with Crippen molar-refractivity contribution in [1.82, 2.24) is 10.2 Å². The lowest BCUT2D eigenvalue weighted by atomic mass is 9.74. The van der Waals surface area contributed by atoms with Crippen molar-refractivity contribution >= 4 is 0 Å². The molecule has 2 saturated carbocycles. The molecule has 3 rings (SSSR count). The highest BCUT2D eigenvalue weighted by atomic mass is 15.2. The summed E-state index contributed by atoms with van der Waals surface area (Å²) in [5.41, 5.74) is 0. The van der Waals surface area contributed by atoms with Gasteiger partial charge in [-0.2, -0.15) is 0 Å². The van der Waals surface area contributed by atoms with Crippen LogP contribution in [0.25, 0.3) is 0 Å². The zero-order valence-electron chi connectivity index (χ0n) is 12.7. The van der Waals surface area contributed by atoms with E-state index in [9.17, 15) is 0 Å². The quantitative estimate of drug-likeness (QED) is 0.840. The Hall–Kier alpha value is -0.0800. The van der Waals surface area contributed by atoms with Gasteiger partial charge < -0.3 is 10.2 Å². The molecule has 0 bridgehead atoms. The predicted octanol–water partition coefficient (Wildman–Crippen LogP) is 3.42. The Morgan fingerprint density at radius 3 is 2.63 bits per heavy atom. The van der Waals surface area contributed by atoms with Gasteiger partial charge in [0.15, 0.2) is 0 Å². The van der Waals surface area contributed by atoms with Crippen molar-refractivity contribution in [1.29, 1.82) is 0 Å².